The number of hydrogen-bond donors (Lipinski definition) is 4. The summed E-state index contributed by atoms with van der Waals surface area (Å²) in [5, 5.41) is 14.6. The molecule has 1 heterocycles. The van der Waals surface area contributed by atoms with E-state index in [1.54, 1.807) is 18.3 Å². The number of nitrogens with two attached hydrogens (primary N) is 1. The van der Waals surface area contributed by atoms with E-state index in [0.717, 1.165) is 29.4 Å². The molecule has 6 nitrogen and oxygen atoms in total. The van der Waals surface area contributed by atoms with Crippen molar-refractivity contribution in [3.8, 4) is 5.75 Å². The van der Waals surface area contributed by atoms with Gasteiger partial charge in [0.2, 0.25) is 5.96 Å². The zero-order valence-corrected chi connectivity index (χ0v) is 14.3. The van der Waals surface area contributed by atoms with Gasteiger partial charge >= 0.3 is 0 Å². The van der Waals surface area contributed by atoms with Crippen molar-refractivity contribution < 1.29 is 5.11 Å². The Labute approximate surface area is 142 Å². The Morgan fingerprint density at radius 2 is 2.04 bits per heavy atom. The summed E-state index contributed by atoms with van der Waals surface area (Å²) in [5.41, 5.74) is 10.3. The topological polar surface area (TPSA) is 98.8 Å². The highest BCUT2D eigenvalue weighted by Crippen LogP contribution is 2.21. The van der Waals surface area contributed by atoms with E-state index in [4.69, 9.17) is 5.73 Å². The molecule has 0 aliphatic rings. The molecular formula is C18H27N5O. The number of fused-ring (bicyclic) bond motifs is 1. The molecule has 0 saturated heterocycles. The summed E-state index contributed by atoms with van der Waals surface area (Å²) in [4.78, 5) is 7.38. The maximum atomic E-state index is 9.56. The maximum absolute atomic E-state index is 9.56. The summed E-state index contributed by atoms with van der Waals surface area (Å²) in [5.74, 6) is 0.548. The molecule has 1 aromatic carbocycles. The van der Waals surface area contributed by atoms with Crippen molar-refractivity contribution >= 4 is 23.1 Å². The number of hydrogen-bond acceptors (Lipinski definition) is 3. The Bertz CT molecular complexity index is 690. The quantitative estimate of drug-likeness (QED) is 0.245. The minimum Gasteiger partial charge on any atom is -0.508 e. The van der Waals surface area contributed by atoms with E-state index in [-0.39, 0.29) is 5.75 Å². The van der Waals surface area contributed by atoms with Gasteiger partial charge in [-0.3, -0.25) is 4.99 Å². The molecule has 0 spiro atoms. The molecule has 0 radical (unpaired) electrons. The molecule has 5 N–H and O–H groups in total. The lowest BCUT2D eigenvalue weighted by molar-refractivity contribution is 0.476. The van der Waals surface area contributed by atoms with Crippen LogP contribution in [0.1, 0.15) is 51.0 Å². The predicted molar refractivity (Wildman–Crippen MR) is 101 cm³/mol. The fraction of sp³-hybridized carbons (Fsp3) is 0.444. The Hall–Kier alpha value is -2.50. The van der Waals surface area contributed by atoms with E-state index in [1.807, 2.05) is 12.3 Å². The van der Waals surface area contributed by atoms with Gasteiger partial charge < -0.3 is 15.8 Å². The van der Waals surface area contributed by atoms with Crippen molar-refractivity contribution in [2.45, 2.75) is 45.4 Å². The fourth-order valence-electron chi connectivity index (χ4n) is 2.53. The molecule has 0 unspecified atom stereocenters. The van der Waals surface area contributed by atoms with E-state index in [2.05, 4.69) is 27.4 Å². The number of unbranched alkanes of at least 4 members (excludes halogenated alkanes) is 5. The van der Waals surface area contributed by atoms with Crippen molar-refractivity contribution in [1.29, 1.82) is 0 Å². The van der Waals surface area contributed by atoms with Crippen LogP contribution in [-0.2, 0) is 0 Å². The number of phenolic OH excluding ortho intramolecular Hbond substituents is 1. The fourth-order valence-corrected chi connectivity index (χ4v) is 2.53. The van der Waals surface area contributed by atoms with Crippen LogP contribution in [0.5, 0.6) is 5.75 Å². The van der Waals surface area contributed by atoms with Crippen LogP contribution in [0.2, 0.25) is 0 Å². The number of benzene rings is 1. The Kier molecular flexibility index (Phi) is 7.14. The molecule has 0 atom stereocenters. The third-order valence-electron chi connectivity index (χ3n) is 3.87. The predicted octanol–water partition coefficient (Wildman–Crippen LogP) is 3.47. The van der Waals surface area contributed by atoms with E-state index in [1.165, 1.54) is 32.1 Å². The maximum Gasteiger partial charge on any atom is 0.209 e. The lowest BCUT2D eigenvalue weighted by Crippen LogP contribution is -2.27. The minimum absolute atomic E-state index is 0.227. The van der Waals surface area contributed by atoms with Crippen molar-refractivity contribution in [2.24, 2.45) is 15.8 Å². The first-order valence-corrected chi connectivity index (χ1v) is 8.60. The lowest BCUT2D eigenvalue weighted by atomic mass is 10.1. The molecule has 0 bridgehead atoms. The summed E-state index contributed by atoms with van der Waals surface area (Å²) in [6.07, 6.45) is 10.9. The number of hydrazone groups is 1. The lowest BCUT2D eigenvalue weighted by Gasteiger charge is -2.00. The average molecular weight is 329 g/mol. The average Bonchev–Trinajstić information content (AvgIpc) is 2.96. The van der Waals surface area contributed by atoms with Crippen molar-refractivity contribution in [1.82, 2.24) is 10.4 Å². The van der Waals surface area contributed by atoms with Crippen molar-refractivity contribution in [3.05, 3.63) is 30.0 Å². The number of H-pyrrole nitrogens is 1. The van der Waals surface area contributed by atoms with Crippen LogP contribution >= 0.6 is 0 Å². The molecule has 0 aliphatic heterocycles. The number of rotatable bonds is 9. The molecule has 0 fully saturated rings. The third-order valence-corrected chi connectivity index (χ3v) is 3.87. The van der Waals surface area contributed by atoms with Gasteiger partial charge in [0.25, 0.3) is 0 Å². The number of aromatic nitrogens is 1. The zero-order valence-electron chi connectivity index (χ0n) is 14.3. The standard InChI is InChI=1S/C18H27N5O/c1-2-3-4-5-6-7-10-20-18(19)23-22-13-14-12-21-17-9-8-15(24)11-16(14)17/h8-9,11-13,21,24H,2-7,10H2,1H3,(H3,19,20,23)/b22-13+. The Morgan fingerprint density at radius 3 is 2.88 bits per heavy atom. The number of guanidine groups is 1. The summed E-state index contributed by atoms with van der Waals surface area (Å²) >= 11 is 0. The van der Waals surface area contributed by atoms with Crippen molar-refractivity contribution in [3.63, 3.8) is 0 Å². The van der Waals surface area contributed by atoms with E-state index in [0.29, 0.717) is 5.96 Å². The first kappa shape index (κ1) is 17.8. The molecule has 1 aromatic heterocycles. The van der Waals surface area contributed by atoms with E-state index >= 15 is 0 Å². The van der Waals surface area contributed by atoms with E-state index in [9.17, 15) is 5.11 Å². The van der Waals surface area contributed by atoms with Crippen LogP contribution in [-0.4, -0.2) is 28.8 Å². The van der Waals surface area contributed by atoms with Crippen LogP contribution < -0.4 is 11.2 Å². The number of aromatic amines is 1. The highest BCUT2D eigenvalue weighted by Gasteiger charge is 2.02. The number of phenols is 1. The van der Waals surface area contributed by atoms with Crippen LogP contribution in [0, 0.1) is 0 Å². The highest BCUT2D eigenvalue weighted by atomic mass is 16.3. The van der Waals surface area contributed by atoms with Gasteiger partial charge in [0.05, 0.1) is 6.21 Å². The summed E-state index contributed by atoms with van der Waals surface area (Å²) in [6.45, 7) is 2.94. The zero-order chi connectivity index (χ0) is 17.2. The molecule has 2 rings (SSSR count). The molecule has 6 heteroatoms. The molecule has 2 aromatic rings. The summed E-state index contributed by atoms with van der Waals surface area (Å²) in [7, 11) is 0. The monoisotopic (exact) mass is 329 g/mol. The van der Waals surface area contributed by atoms with Gasteiger partial charge in [-0.2, -0.15) is 5.10 Å². The summed E-state index contributed by atoms with van der Waals surface area (Å²) in [6, 6.07) is 5.17. The van der Waals surface area contributed by atoms with Gasteiger partial charge in [-0.1, -0.05) is 39.0 Å². The number of aromatic hydroxyl groups is 1. The first-order chi connectivity index (χ1) is 11.7. The van der Waals surface area contributed by atoms with Gasteiger partial charge in [-0.25, -0.2) is 5.43 Å². The van der Waals surface area contributed by atoms with Crippen LogP contribution in [0.3, 0.4) is 0 Å². The normalized spacial score (nSPS) is 12.3. The summed E-state index contributed by atoms with van der Waals surface area (Å²) < 4.78 is 0. The molecule has 24 heavy (non-hydrogen) atoms. The molecular weight excluding hydrogens is 302 g/mol. The molecule has 0 amide bonds. The molecule has 0 saturated carbocycles. The van der Waals surface area contributed by atoms with Gasteiger partial charge in [-0.05, 0) is 24.6 Å². The SMILES string of the molecule is CCCCCCCCN=C(N)N/N=C/c1c[nH]c2ccc(O)cc12. The second-order valence-electron chi connectivity index (χ2n) is 5.88. The van der Waals surface area contributed by atoms with Gasteiger partial charge in [0, 0.05) is 29.2 Å². The smallest absolute Gasteiger partial charge is 0.209 e. The second kappa shape index (κ2) is 9.60. The largest absolute Gasteiger partial charge is 0.508 e. The molecule has 0 aliphatic carbocycles. The highest BCUT2D eigenvalue weighted by molar-refractivity contribution is 5.99. The van der Waals surface area contributed by atoms with Crippen LogP contribution in [0.25, 0.3) is 10.9 Å². The van der Waals surface area contributed by atoms with E-state index < -0.39 is 0 Å². The first-order valence-electron chi connectivity index (χ1n) is 8.60. The van der Waals surface area contributed by atoms with Gasteiger partial charge in [-0.15, -0.1) is 0 Å². The molecule has 130 valence electrons. The van der Waals surface area contributed by atoms with Gasteiger partial charge in [0.1, 0.15) is 5.75 Å². The third kappa shape index (κ3) is 5.61. The Morgan fingerprint density at radius 1 is 1.25 bits per heavy atom. The number of nitrogens with zero attached hydrogens (tertiary/aromatic N) is 2. The van der Waals surface area contributed by atoms with Crippen LogP contribution in [0.15, 0.2) is 34.5 Å². The number of nitrogens with one attached hydrogen (secondary N) is 2. The van der Waals surface area contributed by atoms with Crippen molar-refractivity contribution in [2.75, 3.05) is 6.54 Å². The number of aliphatic imine (C=N–C) groups is 1. The van der Waals surface area contributed by atoms with Crippen LogP contribution in [0.4, 0.5) is 0 Å². The minimum atomic E-state index is 0.227. The van der Waals surface area contributed by atoms with Gasteiger partial charge in [0.15, 0.2) is 0 Å². The Balaban J connectivity index is 1.76. The second-order valence-corrected chi connectivity index (χ2v) is 5.88.